The summed E-state index contributed by atoms with van der Waals surface area (Å²) in [6.45, 7) is 1.71. The van der Waals surface area contributed by atoms with Crippen LogP contribution in [0.1, 0.15) is 18.5 Å². The number of nitrogens with zero attached hydrogens (tertiary/aromatic N) is 1. The van der Waals surface area contributed by atoms with Gasteiger partial charge >= 0.3 is 0 Å². The maximum atomic E-state index is 10.7. The zero-order valence-corrected chi connectivity index (χ0v) is 7.95. The van der Waals surface area contributed by atoms with E-state index in [0.29, 0.717) is 0 Å². The third-order valence-corrected chi connectivity index (χ3v) is 2.23. The molecule has 1 heterocycles. The molecule has 0 amide bonds. The van der Waals surface area contributed by atoms with Gasteiger partial charge in [0.25, 0.3) is 10.2 Å². The summed E-state index contributed by atoms with van der Waals surface area (Å²) in [7, 11) is -3.64. The molecular formula is C7H11N3O2S. The molecule has 0 spiro atoms. The molecule has 0 aliphatic carbocycles. The fourth-order valence-corrected chi connectivity index (χ4v) is 1.60. The summed E-state index contributed by atoms with van der Waals surface area (Å²) in [5.74, 6) is 0. The zero-order chi connectivity index (χ0) is 9.90. The van der Waals surface area contributed by atoms with Crippen LogP contribution in [0.4, 0.5) is 0 Å². The van der Waals surface area contributed by atoms with E-state index in [2.05, 4.69) is 9.71 Å². The van der Waals surface area contributed by atoms with Gasteiger partial charge in [-0.3, -0.25) is 4.98 Å². The van der Waals surface area contributed by atoms with Crippen molar-refractivity contribution in [2.45, 2.75) is 13.0 Å². The lowest BCUT2D eigenvalue weighted by Gasteiger charge is -2.11. The molecule has 0 aliphatic rings. The Morgan fingerprint density at radius 2 is 2.00 bits per heavy atom. The van der Waals surface area contributed by atoms with Gasteiger partial charge in [0.15, 0.2) is 0 Å². The molecule has 5 nitrogen and oxygen atoms in total. The molecule has 1 aromatic rings. The van der Waals surface area contributed by atoms with Gasteiger partial charge in [0.1, 0.15) is 0 Å². The number of hydrogen-bond acceptors (Lipinski definition) is 3. The minimum Gasteiger partial charge on any atom is -0.265 e. The standard InChI is InChI=1S/C7H11N3O2S/c1-6(10-13(8,11)12)7-2-4-9-5-3-7/h2-6,10H,1H3,(H2,8,11,12). The monoisotopic (exact) mass is 201 g/mol. The normalized spacial score (nSPS) is 14.0. The molecule has 0 radical (unpaired) electrons. The van der Waals surface area contributed by atoms with E-state index in [0.717, 1.165) is 5.56 Å². The van der Waals surface area contributed by atoms with E-state index >= 15 is 0 Å². The van der Waals surface area contributed by atoms with Crippen LogP contribution in [0.15, 0.2) is 24.5 Å². The quantitative estimate of drug-likeness (QED) is 0.718. The molecule has 72 valence electrons. The van der Waals surface area contributed by atoms with E-state index in [9.17, 15) is 8.42 Å². The first kappa shape index (κ1) is 10.1. The highest BCUT2D eigenvalue weighted by molar-refractivity contribution is 7.87. The van der Waals surface area contributed by atoms with Gasteiger partial charge in [0.2, 0.25) is 0 Å². The molecular weight excluding hydrogens is 190 g/mol. The van der Waals surface area contributed by atoms with Crippen LogP contribution in [0, 0.1) is 0 Å². The molecule has 6 heteroatoms. The summed E-state index contributed by atoms with van der Waals surface area (Å²) in [4.78, 5) is 3.82. The predicted molar refractivity (Wildman–Crippen MR) is 48.9 cm³/mol. The Hall–Kier alpha value is -0.980. The number of nitrogens with two attached hydrogens (primary N) is 1. The van der Waals surface area contributed by atoms with E-state index in [-0.39, 0.29) is 6.04 Å². The Morgan fingerprint density at radius 3 is 2.46 bits per heavy atom. The molecule has 1 atom stereocenters. The Labute approximate surface area is 77.2 Å². The molecule has 1 aromatic heterocycles. The number of nitrogens with one attached hydrogen (secondary N) is 1. The first-order valence-corrected chi connectivity index (χ1v) is 5.23. The fraction of sp³-hybridized carbons (Fsp3) is 0.286. The van der Waals surface area contributed by atoms with Gasteiger partial charge in [-0.15, -0.1) is 0 Å². The van der Waals surface area contributed by atoms with Crippen molar-refractivity contribution in [1.82, 2.24) is 9.71 Å². The fourth-order valence-electron chi connectivity index (χ4n) is 0.967. The predicted octanol–water partition coefficient (Wildman–Crippen LogP) is -0.0643. The van der Waals surface area contributed by atoms with Crippen LogP contribution in [-0.4, -0.2) is 13.4 Å². The van der Waals surface area contributed by atoms with Crippen molar-refractivity contribution < 1.29 is 8.42 Å². The van der Waals surface area contributed by atoms with Crippen molar-refractivity contribution in [3.05, 3.63) is 30.1 Å². The summed E-state index contributed by atoms with van der Waals surface area (Å²) in [5, 5.41) is 4.82. The Balaban J connectivity index is 2.76. The van der Waals surface area contributed by atoms with Crippen LogP contribution in [-0.2, 0) is 10.2 Å². The van der Waals surface area contributed by atoms with Crippen molar-refractivity contribution in [2.24, 2.45) is 5.14 Å². The average molecular weight is 201 g/mol. The summed E-state index contributed by atoms with van der Waals surface area (Å²) in [6.07, 6.45) is 3.19. The van der Waals surface area contributed by atoms with E-state index in [1.165, 1.54) is 0 Å². The second-order valence-electron chi connectivity index (χ2n) is 2.67. The number of aromatic nitrogens is 1. The van der Waals surface area contributed by atoms with Crippen molar-refractivity contribution in [3.8, 4) is 0 Å². The smallest absolute Gasteiger partial charge is 0.265 e. The molecule has 1 unspecified atom stereocenters. The minimum absolute atomic E-state index is 0.335. The first-order valence-electron chi connectivity index (χ1n) is 3.69. The topological polar surface area (TPSA) is 85.1 Å². The van der Waals surface area contributed by atoms with Gasteiger partial charge in [-0.2, -0.15) is 13.1 Å². The van der Waals surface area contributed by atoms with E-state index in [1.54, 1.807) is 31.5 Å². The van der Waals surface area contributed by atoms with Crippen LogP contribution in [0.5, 0.6) is 0 Å². The van der Waals surface area contributed by atoms with E-state index in [4.69, 9.17) is 5.14 Å². The second-order valence-corrected chi connectivity index (χ2v) is 3.99. The highest BCUT2D eigenvalue weighted by Crippen LogP contribution is 2.09. The summed E-state index contributed by atoms with van der Waals surface area (Å²) in [6, 6.07) is 3.11. The van der Waals surface area contributed by atoms with E-state index < -0.39 is 10.2 Å². The highest BCUT2D eigenvalue weighted by atomic mass is 32.2. The number of rotatable bonds is 3. The number of hydrogen-bond donors (Lipinski definition) is 2. The van der Waals surface area contributed by atoms with Gasteiger partial charge in [-0.1, -0.05) is 0 Å². The third kappa shape index (κ3) is 3.49. The Kier molecular flexibility index (Phi) is 2.97. The van der Waals surface area contributed by atoms with Crippen LogP contribution in [0.3, 0.4) is 0 Å². The number of pyridine rings is 1. The maximum absolute atomic E-state index is 10.7. The summed E-state index contributed by atoms with van der Waals surface area (Å²) in [5.41, 5.74) is 0.823. The molecule has 0 fully saturated rings. The molecule has 0 saturated heterocycles. The zero-order valence-electron chi connectivity index (χ0n) is 7.14. The van der Waals surface area contributed by atoms with Gasteiger partial charge in [0, 0.05) is 18.4 Å². The van der Waals surface area contributed by atoms with Gasteiger partial charge in [-0.05, 0) is 24.6 Å². The molecule has 13 heavy (non-hydrogen) atoms. The molecule has 0 saturated carbocycles. The van der Waals surface area contributed by atoms with Gasteiger partial charge in [-0.25, -0.2) is 5.14 Å². The van der Waals surface area contributed by atoms with Crippen LogP contribution >= 0.6 is 0 Å². The van der Waals surface area contributed by atoms with Crippen LogP contribution in [0.2, 0.25) is 0 Å². The van der Waals surface area contributed by atoms with Crippen LogP contribution < -0.4 is 9.86 Å². The average Bonchev–Trinajstić information content (AvgIpc) is 2.03. The van der Waals surface area contributed by atoms with Crippen molar-refractivity contribution in [2.75, 3.05) is 0 Å². The van der Waals surface area contributed by atoms with Crippen molar-refractivity contribution >= 4 is 10.2 Å². The van der Waals surface area contributed by atoms with Crippen molar-refractivity contribution in [3.63, 3.8) is 0 Å². The molecule has 3 N–H and O–H groups in total. The lowest BCUT2D eigenvalue weighted by molar-refractivity contribution is 0.568. The highest BCUT2D eigenvalue weighted by Gasteiger charge is 2.09. The lowest BCUT2D eigenvalue weighted by atomic mass is 10.1. The van der Waals surface area contributed by atoms with E-state index in [1.807, 2.05) is 0 Å². The molecule has 1 rings (SSSR count). The minimum atomic E-state index is -3.64. The van der Waals surface area contributed by atoms with Gasteiger partial charge < -0.3 is 0 Å². The molecule has 0 bridgehead atoms. The lowest BCUT2D eigenvalue weighted by Crippen LogP contribution is -2.32. The van der Waals surface area contributed by atoms with Crippen molar-refractivity contribution in [1.29, 1.82) is 0 Å². The Bertz CT molecular complexity index is 363. The largest absolute Gasteiger partial charge is 0.274 e. The van der Waals surface area contributed by atoms with Gasteiger partial charge in [0.05, 0.1) is 0 Å². The summed E-state index contributed by atoms with van der Waals surface area (Å²) < 4.78 is 23.6. The Morgan fingerprint density at radius 1 is 1.46 bits per heavy atom. The SMILES string of the molecule is CC(NS(N)(=O)=O)c1ccncc1. The first-order chi connectivity index (χ1) is 5.99. The second kappa shape index (κ2) is 3.82. The third-order valence-electron chi connectivity index (χ3n) is 1.55. The molecule has 0 aromatic carbocycles. The van der Waals surface area contributed by atoms with Crippen LogP contribution in [0.25, 0.3) is 0 Å². The summed E-state index contributed by atoms with van der Waals surface area (Å²) >= 11 is 0. The molecule has 0 aliphatic heterocycles. The maximum Gasteiger partial charge on any atom is 0.274 e.